The molecule has 0 bridgehead atoms. The third-order valence-corrected chi connectivity index (χ3v) is 5.55. The third kappa shape index (κ3) is 9.33. The van der Waals surface area contributed by atoms with Crippen LogP contribution in [0.2, 0.25) is 0 Å². The first kappa shape index (κ1) is 27.0. The second-order valence-electron chi connectivity index (χ2n) is 8.11. The van der Waals surface area contributed by atoms with Crippen LogP contribution in [-0.4, -0.2) is 66.6 Å². The van der Waals surface area contributed by atoms with E-state index in [1.165, 1.54) is 6.92 Å². The fourth-order valence-corrected chi connectivity index (χ4v) is 3.91. The van der Waals surface area contributed by atoms with E-state index < -0.39 is 48.7 Å². The smallest absolute Gasteiger partial charge is 0.309 e. The first-order valence-corrected chi connectivity index (χ1v) is 10.7. The molecule has 2 N–H and O–H groups in total. The van der Waals surface area contributed by atoms with Crippen molar-refractivity contribution in [3.8, 4) is 0 Å². The molecule has 7 atom stereocenters. The van der Waals surface area contributed by atoms with Crippen LogP contribution >= 0.6 is 0 Å². The Morgan fingerprint density at radius 2 is 2.03 bits per heavy atom. The molecule has 0 fully saturated rings. The highest BCUT2D eigenvalue weighted by atomic mass is 16.6. The maximum Gasteiger partial charge on any atom is 0.309 e. The van der Waals surface area contributed by atoms with Crippen molar-refractivity contribution in [3.63, 3.8) is 0 Å². The molecule has 31 heavy (non-hydrogen) atoms. The van der Waals surface area contributed by atoms with Gasteiger partial charge in [-0.2, -0.15) is 0 Å². The van der Waals surface area contributed by atoms with Gasteiger partial charge in [0.15, 0.2) is 0 Å². The van der Waals surface area contributed by atoms with Crippen molar-refractivity contribution in [1.29, 1.82) is 0 Å². The third-order valence-electron chi connectivity index (χ3n) is 5.55. The zero-order valence-electron chi connectivity index (χ0n) is 18.8. The number of aldehydes is 1. The van der Waals surface area contributed by atoms with Gasteiger partial charge in [0.25, 0.3) is 0 Å². The van der Waals surface area contributed by atoms with Gasteiger partial charge in [0.1, 0.15) is 18.5 Å². The number of aliphatic hydroxyl groups excluding tert-OH is 2. The SMILES string of the molecule is COC1/C=C/C=C/C[C@@H](C)OC(=O)C[C@@H](OC(C)=O)[C@H](CO)[C@@H](O)[C@@H](CC=O)C[C@H]1C. The summed E-state index contributed by atoms with van der Waals surface area (Å²) in [5, 5.41) is 21.0. The van der Waals surface area contributed by atoms with Crippen LogP contribution in [0.15, 0.2) is 24.3 Å². The predicted molar refractivity (Wildman–Crippen MR) is 114 cm³/mol. The number of ether oxygens (including phenoxy) is 3. The second-order valence-corrected chi connectivity index (χ2v) is 8.11. The number of aliphatic hydroxyl groups is 2. The number of carbonyl (C=O) groups is 3. The summed E-state index contributed by atoms with van der Waals surface area (Å²) >= 11 is 0. The van der Waals surface area contributed by atoms with Gasteiger partial charge in [0, 0.05) is 32.8 Å². The number of esters is 2. The summed E-state index contributed by atoms with van der Waals surface area (Å²) in [5.74, 6) is -2.75. The van der Waals surface area contributed by atoms with Gasteiger partial charge < -0.3 is 29.2 Å². The molecule has 0 aromatic heterocycles. The Bertz CT molecular complexity index is 629. The van der Waals surface area contributed by atoms with E-state index in [2.05, 4.69) is 0 Å². The zero-order chi connectivity index (χ0) is 23.4. The standard InChI is InChI=1S/C23H36O8/c1-15-12-18(10-11-24)23(28)19(14-25)21(31-17(3)26)13-22(27)30-16(2)8-6-5-7-9-20(15)29-4/h5-7,9,11,15-16,18-21,23,25,28H,8,10,12-14H2,1-4H3/b6-5+,9-7+/t15-,16-,18+,19+,20?,21-,23+/m1/s1. The lowest BCUT2D eigenvalue weighted by Gasteiger charge is -2.34. The van der Waals surface area contributed by atoms with Gasteiger partial charge in [0.05, 0.1) is 25.2 Å². The van der Waals surface area contributed by atoms with E-state index in [0.717, 1.165) is 0 Å². The Morgan fingerprint density at radius 3 is 2.61 bits per heavy atom. The van der Waals surface area contributed by atoms with Crippen LogP contribution in [-0.2, 0) is 28.6 Å². The average Bonchev–Trinajstić information content (AvgIpc) is 2.69. The highest BCUT2D eigenvalue weighted by Gasteiger charge is 2.37. The number of rotatable bonds is 5. The van der Waals surface area contributed by atoms with E-state index in [0.29, 0.717) is 19.1 Å². The molecule has 1 rings (SSSR count). The van der Waals surface area contributed by atoms with Crippen LogP contribution in [0.25, 0.3) is 0 Å². The van der Waals surface area contributed by atoms with E-state index >= 15 is 0 Å². The summed E-state index contributed by atoms with van der Waals surface area (Å²) in [5.41, 5.74) is 0. The Labute approximate surface area is 184 Å². The van der Waals surface area contributed by atoms with Gasteiger partial charge in [0.2, 0.25) is 0 Å². The fourth-order valence-electron chi connectivity index (χ4n) is 3.91. The van der Waals surface area contributed by atoms with Gasteiger partial charge in [-0.05, 0) is 25.2 Å². The molecule has 176 valence electrons. The lowest BCUT2D eigenvalue weighted by molar-refractivity contribution is -0.163. The Morgan fingerprint density at radius 1 is 1.32 bits per heavy atom. The molecule has 0 spiro atoms. The van der Waals surface area contributed by atoms with Crippen LogP contribution in [0, 0.1) is 17.8 Å². The Balaban J connectivity index is 3.29. The molecule has 0 aromatic carbocycles. The molecular weight excluding hydrogens is 404 g/mol. The first-order valence-electron chi connectivity index (χ1n) is 10.7. The highest BCUT2D eigenvalue weighted by Crippen LogP contribution is 2.30. The molecule has 1 aliphatic rings. The number of hydrogen-bond donors (Lipinski definition) is 2. The molecule has 0 amide bonds. The Kier molecular flexibility index (Phi) is 12.3. The largest absolute Gasteiger partial charge is 0.462 e. The minimum absolute atomic E-state index is 0.0439. The number of hydrogen-bond acceptors (Lipinski definition) is 8. The van der Waals surface area contributed by atoms with Gasteiger partial charge >= 0.3 is 11.9 Å². The molecule has 1 heterocycles. The van der Waals surface area contributed by atoms with Crippen LogP contribution < -0.4 is 0 Å². The van der Waals surface area contributed by atoms with Gasteiger partial charge in [-0.3, -0.25) is 9.59 Å². The first-order chi connectivity index (χ1) is 14.7. The quantitative estimate of drug-likeness (QED) is 0.492. The van der Waals surface area contributed by atoms with Crippen molar-refractivity contribution in [3.05, 3.63) is 24.3 Å². The summed E-state index contributed by atoms with van der Waals surface area (Å²) < 4.78 is 16.2. The van der Waals surface area contributed by atoms with Crippen molar-refractivity contribution < 1.29 is 38.8 Å². The minimum Gasteiger partial charge on any atom is -0.462 e. The molecule has 0 radical (unpaired) electrons. The number of cyclic esters (lactones) is 1. The number of allylic oxidation sites excluding steroid dienone is 2. The topological polar surface area (TPSA) is 119 Å². The van der Waals surface area contributed by atoms with Crippen LogP contribution in [0.1, 0.15) is 46.5 Å². The van der Waals surface area contributed by atoms with Gasteiger partial charge in [-0.25, -0.2) is 0 Å². The van der Waals surface area contributed by atoms with Crippen LogP contribution in [0.4, 0.5) is 0 Å². The Hall–Kier alpha value is -2.03. The molecule has 0 aromatic rings. The zero-order valence-corrected chi connectivity index (χ0v) is 18.8. The van der Waals surface area contributed by atoms with Crippen molar-refractivity contribution >= 4 is 18.2 Å². The van der Waals surface area contributed by atoms with E-state index in [9.17, 15) is 24.6 Å². The summed E-state index contributed by atoms with van der Waals surface area (Å²) in [6, 6.07) is 0. The molecular formula is C23H36O8. The summed E-state index contributed by atoms with van der Waals surface area (Å²) in [6.45, 7) is 4.36. The van der Waals surface area contributed by atoms with Gasteiger partial charge in [-0.15, -0.1) is 0 Å². The molecule has 0 saturated heterocycles. The molecule has 0 aliphatic carbocycles. The van der Waals surface area contributed by atoms with E-state index in [4.69, 9.17) is 14.2 Å². The predicted octanol–water partition coefficient (Wildman–Crippen LogP) is 1.97. The summed E-state index contributed by atoms with van der Waals surface area (Å²) in [6.07, 6.45) is 5.93. The molecule has 8 heteroatoms. The van der Waals surface area contributed by atoms with Gasteiger partial charge in [-0.1, -0.05) is 31.2 Å². The van der Waals surface area contributed by atoms with Crippen molar-refractivity contribution in [2.24, 2.45) is 17.8 Å². The monoisotopic (exact) mass is 440 g/mol. The maximum absolute atomic E-state index is 12.4. The van der Waals surface area contributed by atoms with E-state index in [-0.39, 0.29) is 24.9 Å². The fraction of sp³-hybridized carbons (Fsp3) is 0.696. The summed E-state index contributed by atoms with van der Waals surface area (Å²) in [4.78, 5) is 35.3. The lowest BCUT2D eigenvalue weighted by atomic mass is 9.79. The molecule has 1 aliphatic heterocycles. The van der Waals surface area contributed by atoms with Crippen molar-refractivity contribution in [2.45, 2.75) is 70.9 Å². The number of methoxy groups -OCH3 is 1. The van der Waals surface area contributed by atoms with Crippen molar-refractivity contribution in [2.75, 3.05) is 13.7 Å². The van der Waals surface area contributed by atoms with E-state index in [1.54, 1.807) is 14.0 Å². The minimum atomic E-state index is -1.18. The lowest BCUT2D eigenvalue weighted by Crippen LogP contribution is -2.43. The van der Waals surface area contributed by atoms with Crippen LogP contribution in [0.5, 0.6) is 0 Å². The van der Waals surface area contributed by atoms with Crippen molar-refractivity contribution in [1.82, 2.24) is 0 Å². The summed E-state index contributed by atoms with van der Waals surface area (Å²) in [7, 11) is 1.59. The normalized spacial score (nSPS) is 35.5. The molecule has 0 saturated carbocycles. The van der Waals surface area contributed by atoms with E-state index in [1.807, 2.05) is 31.2 Å². The average molecular weight is 441 g/mol. The molecule has 8 nitrogen and oxygen atoms in total. The molecule has 1 unspecified atom stereocenters. The number of carbonyl (C=O) groups excluding carboxylic acids is 3. The maximum atomic E-state index is 12.4. The highest BCUT2D eigenvalue weighted by molar-refractivity contribution is 5.71. The van der Waals surface area contributed by atoms with Crippen LogP contribution in [0.3, 0.4) is 0 Å². The second kappa shape index (κ2) is 14.1.